The molecule has 0 radical (unpaired) electrons. The number of rotatable bonds is 3. The van der Waals surface area contributed by atoms with E-state index in [1.807, 2.05) is 25.4 Å². The van der Waals surface area contributed by atoms with Crippen molar-refractivity contribution in [2.45, 2.75) is 12.5 Å². The summed E-state index contributed by atoms with van der Waals surface area (Å²) in [5, 5.41) is 8.77. The molecular weight excluding hydrogens is 328 g/mol. The lowest BCUT2D eigenvalue weighted by Gasteiger charge is -2.10. The SMILES string of the molecule is Cn1cc(-c2nc(-c3ccncc3)nn2C2CCS(=O)(=O)C2)cn1. The highest BCUT2D eigenvalue weighted by molar-refractivity contribution is 7.91. The second-order valence-corrected chi connectivity index (χ2v) is 8.13. The van der Waals surface area contributed by atoms with Gasteiger partial charge in [-0.05, 0) is 18.6 Å². The van der Waals surface area contributed by atoms with Crippen molar-refractivity contribution in [1.82, 2.24) is 29.5 Å². The summed E-state index contributed by atoms with van der Waals surface area (Å²) < 4.78 is 27.1. The summed E-state index contributed by atoms with van der Waals surface area (Å²) in [5.74, 6) is 1.48. The molecule has 1 aliphatic rings. The van der Waals surface area contributed by atoms with Gasteiger partial charge in [-0.25, -0.2) is 18.1 Å². The first-order chi connectivity index (χ1) is 11.5. The van der Waals surface area contributed by atoms with Gasteiger partial charge in [0, 0.05) is 31.2 Å². The summed E-state index contributed by atoms with van der Waals surface area (Å²) in [6.45, 7) is 0. The van der Waals surface area contributed by atoms with Gasteiger partial charge < -0.3 is 0 Å². The van der Waals surface area contributed by atoms with Gasteiger partial charge in [-0.15, -0.1) is 0 Å². The maximum Gasteiger partial charge on any atom is 0.181 e. The van der Waals surface area contributed by atoms with Crippen LogP contribution in [-0.2, 0) is 16.9 Å². The van der Waals surface area contributed by atoms with Crippen LogP contribution in [0.25, 0.3) is 22.8 Å². The smallest absolute Gasteiger partial charge is 0.181 e. The van der Waals surface area contributed by atoms with Gasteiger partial charge in [-0.2, -0.15) is 10.2 Å². The first-order valence-corrected chi connectivity index (χ1v) is 9.40. The lowest BCUT2D eigenvalue weighted by molar-refractivity contribution is 0.505. The van der Waals surface area contributed by atoms with E-state index in [1.165, 1.54) is 0 Å². The second kappa shape index (κ2) is 5.52. The molecule has 0 N–H and O–H groups in total. The maximum absolute atomic E-state index is 11.9. The van der Waals surface area contributed by atoms with Crippen LogP contribution < -0.4 is 0 Å². The number of nitrogens with zero attached hydrogens (tertiary/aromatic N) is 6. The molecule has 9 heteroatoms. The standard InChI is InChI=1S/C15H16N6O2S/c1-20-9-12(8-17-20)15-18-14(11-2-5-16-6-3-11)19-21(15)13-4-7-24(22,23)10-13/h2-3,5-6,8-9,13H,4,7,10H2,1H3. The molecule has 1 atom stereocenters. The van der Waals surface area contributed by atoms with E-state index in [0.717, 1.165) is 11.1 Å². The first-order valence-electron chi connectivity index (χ1n) is 7.58. The van der Waals surface area contributed by atoms with Crippen LogP contribution in [0.2, 0.25) is 0 Å². The molecule has 3 aromatic rings. The van der Waals surface area contributed by atoms with E-state index in [2.05, 4.69) is 20.2 Å². The molecule has 8 nitrogen and oxygen atoms in total. The largest absolute Gasteiger partial charge is 0.275 e. The van der Waals surface area contributed by atoms with Gasteiger partial charge >= 0.3 is 0 Å². The Morgan fingerprint density at radius 1 is 1.21 bits per heavy atom. The zero-order valence-electron chi connectivity index (χ0n) is 13.1. The van der Waals surface area contributed by atoms with Gasteiger partial charge in [-0.3, -0.25) is 9.67 Å². The Balaban J connectivity index is 1.83. The van der Waals surface area contributed by atoms with Crippen LogP contribution in [0.4, 0.5) is 0 Å². The maximum atomic E-state index is 11.9. The lowest BCUT2D eigenvalue weighted by Crippen LogP contribution is -2.13. The third-order valence-corrected chi connectivity index (χ3v) is 5.84. The van der Waals surface area contributed by atoms with Gasteiger partial charge in [0.25, 0.3) is 0 Å². The molecule has 0 spiro atoms. The molecule has 124 valence electrons. The van der Waals surface area contributed by atoms with Gasteiger partial charge in [0.15, 0.2) is 21.5 Å². The Morgan fingerprint density at radius 3 is 2.62 bits per heavy atom. The zero-order valence-corrected chi connectivity index (χ0v) is 13.9. The highest BCUT2D eigenvalue weighted by atomic mass is 32.2. The molecule has 24 heavy (non-hydrogen) atoms. The second-order valence-electron chi connectivity index (χ2n) is 5.90. The van der Waals surface area contributed by atoms with Crippen molar-refractivity contribution in [2.24, 2.45) is 7.05 Å². The Labute approximate surface area is 139 Å². The van der Waals surface area contributed by atoms with Crippen LogP contribution in [0.3, 0.4) is 0 Å². The summed E-state index contributed by atoms with van der Waals surface area (Å²) in [4.78, 5) is 8.64. The summed E-state index contributed by atoms with van der Waals surface area (Å²) in [5.41, 5.74) is 1.66. The predicted octanol–water partition coefficient (Wildman–Crippen LogP) is 1.10. The number of hydrogen-bond donors (Lipinski definition) is 0. The first kappa shape index (κ1) is 15.0. The minimum absolute atomic E-state index is 0.0966. The fourth-order valence-electron chi connectivity index (χ4n) is 2.90. The third kappa shape index (κ3) is 2.71. The van der Waals surface area contributed by atoms with E-state index in [9.17, 15) is 8.42 Å². The van der Waals surface area contributed by atoms with Gasteiger partial charge in [0.1, 0.15) is 0 Å². The zero-order chi connectivity index (χ0) is 16.7. The minimum Gasteiger partial charge on any atom is -0.275 e. The summed E-state index contributed by atoms with van der Waals surface area (Å²) in [7, 11) is -1.18. The molecule has 0 saturated carbocycles. The van der Waals surface area contributed by atoms with Crippen LogP contribution in [0, 0.1) is 0 Å². The average Bonchev–Trinajstić information content (AvgIpc) is 3.26. The van der Waals surface area contributed by atoms with Crippen molar-refractivity contribution in [3.8, 4) is 22.8 Å². The van der Waals surface area contributed by atoms with E-state index < -0.39 is 9.84 Å². The molecule has 0 aliphatic carbocycles. The van der Waals surface area contributed by atoms with Crippen LogP contribution in [0.15, 0.2) is 36.9 Å². The van der Waals surface area contributed by atoms with Crippen LogP contribution in [-0.4, -0.2) is 49.5 Å². The molecular formula is C15H16N6O2S. The molecule has 0 amide bonds. The fraction of sp³-hybridized carbons (Fsp3) is 0.333. The molecule has 1 saturated heterocycles. The molecule has 1 aliphatic heterocycles. The molecule has 4 heterocycles. The van der Waals surface area contributed by atoms with Crippen molar-refractivity contribution in [1.29, 1.82) is 0 Å². The average molecular weight is 344 g/mol. The summed E-state index contributed by atoms with van der Waals surface area (Å²) >= 11 is 0. The Hall–Kier alpha value is -2.55. The Morgan fingerprint density at radius 2 is 2.00 bits per heavy atom. The van der Waals surface area contributed by atoms with Crippen molar-refractivity contribution in [3.05, 3.63) is 36.9 Å². The van der Waals surface area contributed by atoms with E-state index in [0.29, 0.717) is 18.1 Å². The van der Waals surface area contributed by atoms with Gasteiger partial charge in [-0.1, -0.05) is 0 Å². The molecule has 1 unspecified atom stereocenters. The van der Waals surface area contributed by atoms with Crippen molar-refractivity contribution in [3.63, 3.8) is 0 Å². The molecule has 4 rings (SSSR count). The van der Waals surface area contributed by atoms with Crippen molar-refractivity contribution < 1.29 is 8.42 Å². The van der Waals surface area contributed by atoms with E-state index in [-0.39, 0.29) is 17.5 Å². The van der Waals surface area contributed by atoms with Crippen LogP contribution >= 0.6 is 0 Å². The number of aryl methyl sites for hydroxylation is 1. The third-order valence-electron chi connectivity index (χ3n) is 4.09. The van der Waals surface area contributed by atoms with Crippen molar-refractivity contribution >= 4 is 9.84 Å². The number of sulfone groups is 1. The molecule has 1 fully saturated rings. The highest BCUT2D eigenvalue weighted by Gasteiger charge is 2.32. The van der Waals surface area contributed by atoms with E-state index >= 15 is 0 Å². The Bertz CT molecular complexity index is 977. The molecule has 3 aromatic heterocycles. The summed E-state index contributed by atoms with van der Waals surface area (Å²) in [6, 6.07) is 3.46. The number of hydrogen-bond acceptors (Lipinski definition) is 6. The number of pyridine rings is 1. The summed E-state index contributed by atoms with van der Waals surface area (Å²) in [6.07, 6.45) is 7.47. The molecule has 0 bridgehead atoms. The van der Waals surface area contributed by atoms with Crippen LogP contribution in [0.5, 0.6) is 0 Å². The van der Waals surface area contributed by atoms with Gasteiger partial charge in [0.2, 0.25) is 0 Å². The predicted molar refractivity (Wildman–Crippen MR) is 87.8 cm³/mol. The Kier molecular flexibility index (Phi) is 3.45. The highest BCUT2D eigenvalue weighted by Crippen LogP contribution is 2.30. The topological polar surface area (TPSA) is 95.6 Å². The quantitative estimate of drug-likeness (QED) is 0.706. The van der Waals surface area contributed by atoms with Crippen molar-refractivity contribution in [2.75, 3.05) is 11.5 Å². The normalized spacial score (nSPS) is 19.6. The lowest BCUT2D eigenvalue weighted by atomic mass is 10.2. The monoisotopic (exact) mass is 344 g/mol. The molecule has 0 aromatic carbocycles. The van der Waals surface area contributed by atoms with E-state index in [4.69, 9.17) is 0 Å². The number of aromatic nitrogens is 6. The fourth-order valence-corrected chi connectivity index (χ4v) is 4.59. The van der Waals surface area contributed by atoms with E-state index in [1.54, 1.807) is 28.0 Å². The van der Waals surface area contributed by atoms with Crippen LogP contribution in [0.1, 0.15) is 12.5 Å². The minimum atomic E-state index is -3.01. The van der Waals surface area contributed by atoms with Gasteiger partial charge in [0.05, 0.1) is 29.3 Å².